The van der Waals surface area contributed by atoms with Gasteiger partial charge in [0.1, 0.15) is 11.4 Å². The number of cyclic esters (lactones) is 1. The highest BCUT2D eigenvalue weighted by molar-refractivity contribution is 5.70. The molecule has 0 saturated carbocycles. The van der Waals surface area contributed by atoms with E-state index >= 15 is 0 Å². The van der Waals surface area contributed by atoms with Gasteiger partial charge in [0.2, 0.25) is 0 Å². The Morgan fingerprint density at radius 3 is 2.33 bits per heavy atom. The second kappa shape index (κ2) is 9.62. The molecule has 0 N–H and O–H groups in total. The molecule has 0 spiro atoms. The maximum atomic E-state index is 13.6. The van der Waals surface area contributed by atoms with E-state index in [2.05, 4.69) is 6.07 Å². The Morgan fingerprint density at radius 2 is 1.75 bits per heavy atom. The van der Waals surface area contributed by atoms with Crippen LogP contribution in [0.25, 0.3) is 11.1 Å². The maximum Gasteiger partial charge on any atom is 0.411 e. The van der Waals surface area contributed by atoms with Crippen LogP contribution >= 0.6 is 0 Å². The van der Waals surface area contributed by atoms with Gasteiger partial charge in [0.25, 0.3) is 5.56 Å². The lowest BCUT2D eigenvalue weighted by Crippen LogP contribution is -2.50. The van der Waals surface area contributed by atoms with Gasteiger partial charge in [0.05, 0.1) is 17.5 Å². The molecular formula is C29H30FN3O3. The fraction of sp³-hybridized carbons (Fsp3) is 0.345. The lowest BCUT2D eigenvalue weighted by molar-refractivity contribution is -0.0770. The third kappa shape index (κ3) is 5.03. The van der Waals surface area contributed by atoms with Crippen LogP contribution in [0.4, 0.5) is 9.18 Å². The van der Waals surface area contributed by atoms with Crippen molar-refractivity contribution in [1.29, 1.82) is 5.26 Å². The van der Waals surface area contributed by atoms with Gasteiger partial charge >= 0.3 is 6.09 Å². The number of carbonyl (C=O) groups is 1. The highest BCUT2D eigenvalue weighted by atomic mass is 19.1. The predicted octanol–water partition coefficient (Wildman–Crippen LogP) is 5.93. The molecule has 0 bridgehead atoms. The molecule has 1 amide bonds. The van der Waals surface area contributed by atoms with Crippen LogP contribution in [0.3, 0.4) is 0 Å². The summed E-state index contributed by atoms with van der Waals surface area (Å²) >= 11 is 0. The highest BCUT2D eigenvalue weighted by Gasteiger charge is 2.46. The van der Waals surface area contributed by atoms with Crippen molar-refractivity contribution >= 4 is 6.09 Å². The van der Waals surface area contributed by atoms with Gasteiger partial charge in [-0.1, -0.05) is 36.4 Å². The summed E-state index contributed by atoms with van der Waals surface area (Å²) in [5, 5.41) is 9.64. The number of rotatable bonds is 6. The average molecular weight is 488 g/mol. The van der Waals surface area contributed by atoms with E-state index in [9.17, 15) is 19.2 Å². The molecule has 0 aliphatic carbocycles. The van der Waals surface area contributed by atoms with Crippen molar-refractivity contribution in [3.8, 4) is 17.2 Å². The molecule has 1 saturated heterocycles. The molecule has 6 nitrogen and oxygen atoms in total. The number of carbonyl (C=O) groups excluding carboxylic acids is 1. The van der Waals surface area contributed by atoms with Crippen molar-refractivity contribution < 1.29 is 13.9 Å². The zero-order chi connectivity index (χ0) is 26.1. The van der Waals surface area contributed by atoms with Crippen LogP contribution in [0, 0.1) is 22.6 Å². The van der Waals surface area contributed by atoms with Gasteiger partial charge in [0, 0.05) is 38.7 Å². The first-order valence-corrected chi connectivity index (χ1v) is 12.0. The van der Waals surface area contributed by atoms with E-state index in [0.717, 1.165) is 16.7 Å². The molecule has 1 aromatic heterocycles. The van der Waals surface area contributed by atoms with Crippen LogP contribution < -0.4 is 5.56 Å². The maximum absolute atomic E-state index is 13.6. The molecule has 0 radical (unpaired) electrons. The number of ether oxygens (including phenoxy) is 1. The highest BCUT2D eigenvalue weighted by Crippen LogP contribution is 2.44. The number of benzene rings is 2. The first-order chi connectivity index (χ1) is 17.0. The SMILES string of the molecule is CC(c1ccc(-c2ccn(C)c(=O)c2)cc1)N1CCC(CC(C)(C)C#N)(c2ccc(F)cc2)OC1=O. The minimum Gasteiger partial charge on any atom is -0.438 e. The Labute approximate surface area is 210 Å². The monoisotopic (exact) mass is 487 g/mol. The Bertz CT molecular complexity index is 1360. The average Bonchev–Trinajstić information content (AvgIpc) is 2.85. The van der Waals surface area contributed by atoms with E-state index in [4.69, 9.17) is 4.74 Å². The molecule has 36 heavy (non-hydrogen) atoms. The molecule has 2 atom stereocenters. The van der Waals surface area contributed by atoms with Crippen LogP contribution in [0.5, 0.6) is 0 Å². The minimum absolute atomic E-state index is 0.0785. The topological polar surface area (TPSA) is 75.3 Å². The standard InChI is InChI=1S/C29H30FN3O3/c1-20(21-5-7-22(8-6-21)23-13-15-32(4)26(34)17-23)33-16-14-29(36-27(33)35,18-28(2,3)19-31)24-9-11-25(30)12-10-24/h5-13,15,17,20H,14,16,18H2,1-4H3. The summed E-state index contributed by atoms with van der Waals surface area (Å²) in [5.41, 5.74) is 1.54. The Kier molecular flexibility index (Phi) is 6.73. The molecule has 186 valence electrons. The summed E-state index contributed by atoms with van der Waals surface area (Å²) in [6.07, 6.45) is 2.05. The Morgan fingerprint density at radius 1 is 1.08 bits per heavy atom. The van der Waals surface area contributed by atoms with Crippen molar-refractivity contribution in [3.05, 3.63) is 94.2 Å². The first-order valence-electron chi connectivity index (χ1n) is 12.0. The number of hydrogen-bond acceptors (Lipinski definition) is 4. The summed E-state index contributed by atoms with van der Waals surface area (Å²) in [5.74, 6) is -0.370. The van der Waals surface area contributed by atoms with Gasteiger partial charge in [-0.3, -0.25) is 4.79 Å². The van der Waals surface area contributed by atoms with Crippen LogP contribution in [-0.2, 0) is 17.4 Å². The van der Waals surface area contributed by atoms with E-state index in [1.165, 1.54) is 16.7 Å². The molecule has 3 aromatic rings. The predicted molar refractivity (Wildman–Crippen MR) is 135 cm³/mol. The summed E-state index contributed by atoms with van der Waals surface area (Å²) < 4.78 is 21.2. The van der Waals surface area contributed by atoms with Crippen molar-refractivity contribution in [3.63, 3.8) is 0 Å². The molecular weight excluding hydrogens is 457 g/mol. The molecule has 2 aromatic carbocycles. The number of nitrogens with zero attached hydrogens (tertiary/aromatic N) is 3. The van der Waals surface area contributed by atoms with Gasteiger partial charge in [0.15, 0.2) is 0 Å². The van der Waals surface area contributed by atoms with E-state index < -0.39 is 17.1 Å². The summed E-state index contributed by atoms with van der Waals surface area (Å²) in [7, 11) is 1.71. The summed E-state index contributed by atoms with van der Waals surface area (Å²) in [6.45, 7) is 5.99. The van der Waals surface area contributed by atoms with Crippen molar-refractivity contribution in [1.82, 2.24) is 9.47 Å². The molecule has 1 fully saturated rings. The van der Waals surface area contributed by atoms with Crippen molar-refractivity contribution in [2.45, 2.75) is 45.3 Å². The normalized spacial score (nSPS) is 18.9. The Hall–Kier alpha value is -3.92. The number of aromatic nitrogens is 1. The Balaban J connectivity index is 1.56. The van der Waals surface area contributed by atoms with E-state index in [1.807, 2.05) is 51.1 Å². The third-order valence-corrected chi connectivity index (χ3v) is 6.97. The second-order valence-electron chi connectivity index (χ2n) is 10.1. The van der Waals surface area contributed by atoms with Gasteiger partial charge < -0.3 is 14.2 Å². The molecule has 4 rings (SSSR count). The van der Waals surface area contributed by atoms with Crippen LogP contribution in [-0.4, -0.2) is 22.1 Å². The largest absolute Gasteiger partial charge is 0.438 e. The number of amides is 1. The molecule has 1 aliphatic rings. The number of aryl methyl sites for hydroxylation is 1. The minimum atomic E-state index is -1.01. The lowest BCUT2D eigenvalue weighted by Gasteiger charge is -2.45. The van der Waals surface area contributed by atoms with Crippen molar-refractivity contribution in [2.75, 3.05) is 6.54 Å². The van der Waals surface area contributed by atoms with Gasteiger partial charge in [-0.15, -0.1) is 0 Å². The molecule has 7 heteroatoms. The zero-order valence-electron chi connectivity index (χ0n) is 21.0. The summed E-state index contributed by atoms with van der Waals surface area (Å²) in [6, 6.07) is 19.3. The lowest BCUT2D eigenvalue weighted by atomic mass is 9.75. The fourth-order valence-corrected chi connectivity index (χ4v) is 4.82. The zero-order valence-corrected chi connectivity index (χ0v) is 21.0. The quantitative estimate of drug-likeness (QED) is 0.432. The van der Waals surface area contributed by atoms with E-state index in [-0.39, 0.29) is 17.4 Å². The number of pyridine rings is 1. The van der Waals surface area contributed by atoms with E-state index in [0.29, 0.717) is 24.9 Å². The van der Waals surface area contributed by atoms with Gasteiger partial charge in [-0.05, 0) is 61.2 Å². The second-order valence-corrected chi connectivity index (χ2v) is 10.1. The smallest absolute Gasteiger partial charge is 0.411 e. The number of halogens is 1. The van der Waals surface area contributed by atoms with Crippen LogP contribution in [0.2, 0.25) is 0 Å². The van der Waals surface area contributed by atoms with Gasteiger partial charge in [-0.2, -0.15) is 5.26 Å². The third-order valence-electron chi connectivity index (χ3n) is 6.97. The molecule has 1 aliphatic heterocycles. The van der Waals surface area contributed by atoms with Crippen molar-refractivity contribution in [2.24, 2.45) is 12.5 Å². The van der Waals surface area contributed by atoms with E-state index in [1.54, 1.807) is 36.3 Å². The van der Waals surface area contributed by atoms with Crippen LogP contribution in [0.15, 0.2) is 71.7 Å². The number of nitriles is 1. The van der Waals surface area contributed by atoms with Crippen LogP contribution in [0.1, 0.15) is 50.8 Å². The van der Waals surface area contributed by atoms with Gasteiger partial charge in [-0.25, -0.2) is 9.18 Å². The fourth-order valence-electron chi connectivity index (χ4n) is 4.82. The summed E-state index contributed by atoms with van der Waals surface area (Å²) in [4.78, 5) is 27.0. The molecule has 2 unspecified atom stereocenters. The number of hydrogen-bond donors (Lipinski definition) is 0. The first kappa shape index (κ1) is 25.2. The molecule has 2 heterocycles.